The molecule has 1 heterocycles. The third kappa shape index (κ3) is 2.73. The number of thiophene rings is 1. The molecule has 1 aromatic rings. The van der Waals surface area contributed by atoms with Crippen molar-refractivity contribution in [1.29, 1.82) is 0 Å². The molecule has 0 radical (unpaired) electrons. The topological polar surface area (TPSA) is 35.5 Å². The van der Waals surface area contributed by atoms with Gasteiger partial charge in [-0.25, -0.2) is 4.79 Å². The Balaban J connectivity index is 2.55. The second-order valence-corrected chi connectivity index (χ2v) is 3.40. The molecule has 1 aromatic heterocycles. The molecule has 4 heteroatoms. The van der Waals surface area contributed by atoms with Gasteiger partial charge >= 0.3 is 5.97 Å². The normalized spacial score (nSPS) is 9.69. The van der Waals surface area contributed by atoms with Crippen LogP contribution in [0.3, 0.4) is 0 Å². The van der Waals surface area contributed by atoms with Gasteiger partial charge in [-0.3, -0.25) is 0 Å². The molecule has 0 aromatic carbocycles. The molecule has 0 fully saturated rings. The fraction of sp³-hybridized carbons (Fsp3) is 0.444. The van der Waals surface area contributed by atoms with E-state index in [1.165, 1.54) is 11.3 Å². The number of ether oxygens (including phenoxy) is 2. The fourth-order valence-corrected chi connectivity index (χ4v) is 1.55. The van der Waals surface area contributed by atoms with Crippen LogP contribution in [0, 0.1) is 0 Å². The van der Waals surface area contributed by atoms with Gasteiger partial charge in [0.2, 0.25) is 0 Å². The minimum atomic E-state index is -0.268. The summed E-state index contributed by atoms with van der Waals surface area (Å²) in [5, 5.41) is 1.78. The van der Waals surface area contributed by atoms with Crippen LogP contribution in [-0.2, 0) is 4.74 Å². The van der Waals surface area contributed by atoms with E-state index in [0.29, 0.717) is 17.2 Å². The highest BCUT2D eigenvalue weighted by Gasteiger charge is 2.09. The molecule has 0 N–H and O–H groups in total. The van der Waals surface area contributed by atoms with E-state index in [0.717, 1.165) is 6.42 Å². The van der Waals surface area contributed by atoms with E-state index in [9.17, 15) is 4.79 Å². The smallest absolute Gasteiger partial charge is 0.348 e. The Morgan fingerprint density at radius 3 is 2.92 bits per heavy atom. The van der Waals surface area contributed by atoms with Gasteiger partial charge in [-0.05, 0) is 6.42 Å². The minimum Gasteiger partial charge on any atom is -0.496 e. The monoisotopic (exact) mass is 200 g/mol. The van der Waals surface area contributed by atoms with Crippen LogP contribution in [0.4, 0.5) is 0 Å². The van der Waals surface area contributed by atoms with E-state index < -0.39 is 0 Å². The van der Waals surface area contributed by atoms with Crippen LogP contribution < -0.4 is 4.74 Å². The number of rotatable bonds is 4. The molecule has 3 nitrogen and oxygen atoms in total. The fourth-order valence-electron chi connectivity index (χ4n) is 0.799. The number of hydrogen-bond acceptors (Lipinski definition) is 4. The first-order chi connectivity index (χ1) is 6.27. The molecule has 0 aliphatic heterocycles. The van der Waals surface area contributed by atoms with Gasteiger partial charge in [-0.1, -0.05) is 6.92 Å². The number of carbonyl (C=O) groups excluding carboxylic acids is 1. The summed E-state index contributed by atoms with van der Waals surface area (Å²) >= 11 is 1.33. The number of methoxy groups -OCH3 is 1. The molecule has 0 saturated heterocycles. The summed E-state index contributed by atoms with van der Waals surface area (Å²) in [4.78, 5) is 11.9. The van der Waals surface area contributed by atoms with E-state index in [4.69, 9.17) is 9.47 Å². The van der Waals surface area contributed by atoms with Crippen LogP contribution >= 0.6 is 11.3 Å². The first kappa shape index (κ1) is 10.1. The van der Waals surface area contributed by atoms with Gasteiger partial charge in [0.05, 0.1) is 13.7 Å². The Morgan fingerprint density at radius 2 is 2.38 bits per heavy atom. The zero-order chi connectivity index (χ0) is 9.68. The second-order valence-electron chi connectivity index (χ2n) is 2.49. The van der Waals surface area contributed by atoms with Crippen molar-refractivity contribution in [2.75, 3.05) is 13.7 Å². The lowest BCUT2D eigenvalue weighted by atomic mass is 10.4. The summed E-state index contributed by atoms with van der Waals surface area (Å²) in [5.41, 5.74) is 0. The molecular weight excluding hydrogens is 188 g/mol. The van der Waals surface area contributed by atoms with E-state index >= 15 is 0 Å². The minimum absolute atomic E-state index is 0.268. The third-order valence-electron chi connectivity index (χ3n) is 1.45. The Morgan fingerprint density at radius 1 is 1.62 bits per heavy atom. The van der Waals surface area contributed by atoms with Crippen LogP contribution in [0.1, 0.15) is 23.0 Å². The Bertz CT molecular complexity index is 280. The van der Waals surface area contributed by atoms with E-state index in [2.05, 4.69) is 0 Å². The molecule has 0 aliphatic rings. The average molecular weight is 200 g/mol. The highest BCUT2D eigenvalue weighted by molar-refractivity contribution is 7.12. The van der Waals surface area contributed by atoms with Gasteiger partial charge in [0.1, 0.15) is 10.6 Å². The molecule has 0 aliphatic carbocycles. The predicted octanol–water partition coefficient (Wildman–Crippen LogP) is 2.32. The summed E-state index contributed by atoms with van der Waals surface area (Å²) in [6, 6.07) is 1.68. The van der Waals surface area contributed by atoms with Crippen molar-refractivity contribution in [3.05, 3.63) is 16.3 Å². The maximum absolute atomic E-state index is 11.3. The van der Waals surface area contributed by atoms with Gasteiger partial charge in [0.25, 0.3) is 0 Å². The van der Waals surface area contributed by atoms with Gasteiger partial charge < -0.3 is 9.47 Å². The molecule has 0 unspecified atom stereocenters. The number of carbonyl (C=O) groups is 1. The molecule has 0 amide bonds. The van der Waals surface area contributed by atoms with E-state index in [-0.39, 0.29) is 5.97 Å². The summed E-state index contributed by atoms with van der Waals surface area (Å²) in [6.07, 6.45) is 0.842. The van der Waals surface area contributed by atoms with Crippen molar-refractivity contribution >= 4 is 17.3 Å². The molecular formula is C9H12O3S. The standard InChI is InChI=1S/C9H12O3S/c1-3-4-12-9(10)8-5-7(11-2)6-13-8/h5-6H,3-4H2,1-2H3. The van der Waals surface area contributed by atoms with Crippen molar-refractivity contribution in [3.63, 3.8) is 0 Å². The van der Waals surface area contributed by atoms with Crippen LogP contribution in [-0.4, -0.2) is 19.7 Å². The summed E-state index contributed by atoms with van der Waals surface area (Å²) in [6.45, 7) is 2.43. The van der Waals surface area contributed by atoms with E-state index in [1.54, 1.807) is 18.6 Å². The molecule has 13 heavy (non-hydrogen) atoms. The van der Waals surface area contributed by atoms with Crippen LogP contribution in [0.2, 0.25) is 0 Å². The Kier molecular flexibility index (Phi) is 3.76. The first-order valence-corrected chi connectivity index (χ1v) is 4.95. The molecule has 0 atom stereocenters. The molecule has 0 bridgehead atoms. The lowest BCUT2D eigenvalue weighted by Gasteiger charge is -1.98. The van der Waals surface area contributed by atoms with E-state index in [1.807, 2.05) is 6.92 Å². The van der Waals surface area contributed by atoms with Gasteiger partial charge in [-0.15, -0.1) is 11.3 Å². The average Bonchev–Trinajstić information content (AvgIpc) is 2.62. The van der Waals surface area contributed by atoms with Crippen molar-refractivity contribution in [2.24, 2.45) is 0 Å². The van der Waals surface area contributed by atoms with Crippen molar-refractivity contribution in [3.8, 4) is 5.75 Å². The van der Waals surface area contributed by atoms with Crippen LogP contribution in [0.15, 0.2) is 11.4 Å². The number of hydrogen-bond donors (Lipinski definition) is 0. The summed E-state index contributed by atoms with van der Waals surface area (Å²) in [5.74, 6) is 0.434. The zero-order valence-corrected chi connectivity index (χ0v) is 8.52. The van der Waals surface area contributed by atoms with Gasteiger partial charge in [0, 0.05) is 11.4 Å². The second kappa shape index (κ2) is 4.87. The largest absolute Gasteiger partial charge is 0.496 e. The maximum atomic E-state index is 11.3. The maximum Gasteiger partial charge on any atom is 0.348 e. The van der Waals surface area contributed by atoms with Crippen LogP contribution in [0.25, 0.3) is 0 Å². The Hall–Kier alpha value is -1.03. The van der Waals surface area contributed by atoms with Gasteiger partial charge in [0.15, 0.2) is 0 Å². The van der Waals surface area contributed by atoms with Crippen molar-refractivity contribution in [2.45, 2.75) is 13.3 Å². The summed E-state index contributed by atoms with van der Waals surface area (Å²) < 4.78 is 9.90. The number of esters is 1. The molecule has 0 saturated carbocycles. The van der Waals surface area contributed by atoms with Crippen molar-refractivity contribution < 1.29 is 14.3 Å². The SMILES string of the molecule is CCCOC(=O)c1cc(OC)cs1. The Labute approximate surface area is 81.3 Å². The third-order valence-corrected chi connectivity index (χ3v) is 2.34. The molecule has 0 spiro atoms. The highest BCUT2D eigenvalue weighted by Crippen LogP contribution is 2.21. The zero-order valence-electron chi connectivity index (χ0n) is 7.70. The first-order valence-electron chi connectivity index (χ1n) is 4.07. The lowest BCUT2D eigenvalue weighted by molar-refractivity contribution is 0.0510. The highest BCUT2D eigenvalue weighted by atomic mass is 32.1. The predicted molar refractivity (Wildman–Crippen MR) is 51.4 cm³/mol. The lowest BCUT2D eigenvalue weighted by Crippen LogP contribution is -2.03. The van der Waals surface area contributed by atoms with Crippen LogP contribution in [0.5, 0.6) is 5.75 Å². The molecule has 1 rings (SSSR count). The summed E-state index contributed by atoms with van der Waals surface area (Å²) in [7, 11) is 1.57. The quantitative estimate of drug-likeness (QED) is 0.700. The molecule has 72 valence electrons. The van der Waals surface area contributed by atoms with Gasteiger partial charge in [-0.2, -0.15) is 0 Å². The van der Waals surface area contributed by atoms with Crippen molar-refractivity contribution in [1.82, 2.24) is 0 Å².